The Balaban J connectivity index is 2.24. The molecule has 10 heavy (non-hydrogen) atoms. The molecule has 0 aromatic heterocycles. The minimum absolute atomic E-state index is 0.656. The summed E-state index contributed by atoms with van der Waals surface area (Å²) in [6.07, 6.45) is 2.15. The van der Waals surface area contributed by atoms with Crippen LogP contribution in [0.25, 0.3) is 0 Å². The number of morpholine rings is 1. The molecule has 1 fully saturated rings. The highest BCUT2D eigenvalue weighted by Gasteiger charge is 2.14. The van der Waals surface area contributed by atoms with E-state index < -0.39 is 0 Å². The standard InChI is InChI=1S/C7H15NOS/c1-7(10-2)8-3-5-9-6-4-8/h7H,3-6H2,1-2H3. The third kappa shape index (κ3) is 2.15. The largest absolute Gasteiger partial charge is 0.379 e. The van der Waals surface area contributed by atoms with Gasteiger partial charge in [0.25, 0.3) is 0 Å². The lowest BCUT2D eigenvalue weighted by molar-refractivity contribution is 0.0352. The van der Waals surface area contributed by atoms with E-state index in [4.69, 9.17) is 4.74 Å². The van der Waals surface area contributed by atoms with Crippen LogP contribution in [0.5, 0.6) is 0 Å². The summed E-state index contributed by atoms with van der Waals surface area (Å²) in [6.45, 7) is 6.26. The van der Waals surface area contributed by atoms with Crippen LogP contribution in [0.15, 0.2) is 0 Å². The molecule has 0 saturated carbocycles. The molecule has 0 aliphatic carbocycles. The van der Waals surface area contributed by atoms with Gasteiger partial charge in [0, 0.05) is 13.1 Å². The van der Waals surface area contributed by atoms with Crippen molar-refractivity contribution in [3.8, 4) is 0 Å². The molecule has 1 heterocycles. The van der Waals surface area contributed by atoms with Gasteiger partial charge in [-0.2, -0.15) is 0 Å². The van der Waals surface area contributed by atoms with Crippen molar-refractivity contribution >= 4 is 11.8 Å². The zero-order valence-corrected chi connectivity index (χ0v) is 7.49. The van der Waals surface area contributed by atoms with Gasteiger partial charge in [0.1, 0.15) is 0 Å². The quantitative estimate of drug-likeness (QED) is 0.600. The SMILES string of the molecule is CSC(C)N1CCOCC1. The lowest BCUT2D eigenvalue weighted by Gasteiger charge is -2.30. The Kier molecular flexibility index (Phi) is 3.52. The average molecular weight is 161 g/mol. The second kappa shape index (κ2) is 4.21. The maximum absolute atomic E-state index is 5.24. The fraction of sp³-hybridized carbons (Fsp3) is 1.00. The zero-order valence-electron chi connectivity index (χ0n) is 6.67. The fourth-order valence-electron chi connectivity index (χ4n) is 1.09. The van der Waals surface area contributed by atoms with Gasteiger partial charge in [0.2, 0.25) is 0 Å². The number of rotatable bonds is 2. The lowest BCUT2D eigenvalue weighted by atomic mass is 10.4. The van der Waals surface area contributed by atoms with E-state index in [1.807, 2.05) is 11.8 Å². The van der Waals surface area contributed by atoms with Crippen LogP contribution in [-0.2, 0) is 4.74 Å². The van der Waals surface area contributed by atoms with Crippen molar-refractivity contribution in [2.45, 2.75) is 12.3 Å². The molecule has 60 valence electrons. The van der Waals surface area contributed by atoms with Gasteiger partial charge in [-0.3, -0.25) is 4.90 Å². The molecule has 1 saturated heterocycles. The van der Waals surface area contributed by atoms with Crippen LogP contribution >= 0.6 is 11.8 Å². The van der Waals surface area contributed by atoms with Gasteiger partial charge >= 0.3 is 0 Å². The maximum atomic E-state index is 5.24. The topological polar surface area (TPSA) is 12.5 Å². The smallest absolute Gasteiger partial charge is 0.0594 e. The summed E-state index contributed by atoms with van der Waals surface area (Å²) >= 11 is 1.90. The lowest BCUT2D eigenvalue weighted by Crippen LogP contribution is -2.40. The summed E-state index contributed by atoms with van der Waals surface area (Å²) in [6, 6.07) is 0. The van der Waals surface area contributed by atoms with E-state index in [0.717, 1.165) is 26.3 Å². The Morgan fingerprint density at radius 1 is 1.40 bits per heavy atom. The van der Waals surface area contributed by atoms with Gasteiger partial charge < -0.3 is 4.74 Å². The van der Waals surface area contributed by atoms with Crippen LogP contribution < -0.4 is 0 Å². The van der Waals surface area contributed by atoms with Gasteiger partial charge in [0.15, 0.2) is 0 Å². The minimum Gasteiger partial charge on any atom is -0.379 e. The summed E-state index contributed by atoms with van der Waals surface area (Å²) in [5.41, 5.74) is 0. The van der Waals surface area contributed by atoms with Crippen LogP contribution in [0.4, 0.5) is 0 Å². The molecule has 0 N–H and O–H groups in total. The van der Waals surface area contributed by atoms with E-state index in [9.17, 15) is 0 Å². The van der Waals surface area contributed by atoms with Crippen molar-refractivity contribution in [2.75, 3.05) is 32.6 Å². The first-order valence-corrected chi connectivity index (χ1v) is 4.98. The number of nitrogens with zero attached hydrogens (tertiary/aromatic N) is 1. The summed E-state index contributed by atoms with van der Waals surface area (Å²) < 4.78 is 5.24. The fourth-order valence-corrected chi connectivity index (χ4v) is 1.60. The van der Waals surface area contributed by atoms with Crippen molar-refractivity contribution in [1.82, 2.24) is 4.90 Å². The van der Waals surface area contributed by atoms with Crippen LogP contribution in [0.2, 0.25) is 0 Å². The molecule has 0 radical (unpaired) electrons. The average Bonchev–Trinajstić information content (AvgIpc) is 2.05. The Hall–Kier alpha value is 0.270. The van der Waals surface area contributed by atoms with E-state index in [0.29, 0.717) is 5.37 Å². The Morgan fingerprint density at radius 2 is 2.00 bits per heavy atom. The molecule has 0 aromatic rings. The number of hydrogen-bond donors (Lipinski definition) is 0. The molecule has 1 unspecified atom stereocenters. The highest BCUT2D eigenvalue weighted by molar-refractivity contribution is 7.99. The van der Waals surface area contributed by atoms with Crippen molar-refractivity contribution in [3.05, 3.63) is 0 Å². The third-order valence-electron chi connectivity index (χ3n) is 1.90. The van der Waals surface area contributed by atoms with E-state index >= 15 is 0 Å². The molecule has 1 aliphatic rings. The highest BCUT2D eigenvalue weighted by atomic mass is 32.2. The number of thioether (sulfide) groups is 1. The molecule has 1 aliphatic heterocycles. The highest BCUT2D eigenvalue weighted by Crippen LogP contribution is 2.12. The Labute approximate surface area is 66.9 Å². The molecule has 1 rings (SSSR count). The van der Waals surface area contributed by atoms with Crippen molar-refractivity contribution in [1.29, 1.82) is 0 Å². The zero-order chi connectivity index (χ0) is 7.40. The predicted octanol–water partition coefficient (Wildman–Crippen LogP) is 1.03. The van der Waals surface area contributed by atoms with Gasteiger partial charge in [-0.05, 0) is 13.2 Å². The van der Waals surface area contributed by atoms with E-state index in [2.05, 4.69) is 18.1 Å². The Morgan fingerprint density at radius 3 is 2.50 bits per heavy atom. The summed E-state index contributed by atoms with van der Waals surface area (Å²) in [5, 5.41) is 0.656. The number of hydrogen-bond acceptors (Lipinski definition) is 3. The first-order chi connectivity index (χ1) is 4.84. The normalized spacial score (nSPS) is 24.6. The molecule has 2 nitrogen and oxygen atoms in total. The van der Waals surface area contributed by atoms with Crippen LogP contribution in [0.1, 0.15) is 6.92 Å². The van der Waals surface area contributed by atoms with Crippen LogP contribution in [-0.4, -0.2) is 42.8 Å². The molecular weight excluding hydrogens is 146 g/mol. The van der Waals surface area contributed by atoms with E-state index in [1.54, 1.807) is 0 Å². The van der Waals surface area contributed by atoms with Crippen molar-refractivity contribution in [2.24, 2.45) is 0 Å². The van der Waals surface area contributed by atoms with Gasteiger partial charge in [-0.25, -0.2) is 0 Å². The maximum Gasteiger partial charge on any atom is 0.0594 e. The van der Waals surface area contributed by atoms with E-state index in [1.165, 1.54) is 0 Å². The molecule has 3 heteroatoms. The number of ether oxygens (including phenoxy) is 1. The van der Waals surface area contributed by atoms with Gasteiger partial charge in [-0.1, -0.05) is 0 Å². The molecule has 0 spiro atoms. The molecule has 0 amide bonds. The van der Waals surface area contributed by atoms with Gasteiger partial charge in [0.05, 0.1) is 18.6 Å². The first kappa shape index (κ1) is 8.37. The Bertz CT molecular complexity index is 93.6. The van der Waals surface area contributed by atoms with Crippen molar-refractivity contribution < 1.29 is 4.74 Å². The van der Waals surface area contributed by atoms with Gasteiger partial charge in [-0.15, -0.1) is 11.8 Å². The van der Waals surface area contributed by atoms with E-state index in [-0.39, 0.29) is 0 Å². The second-order valence-corrected chi connectivity index (χ2v) is 3.64. The predicted molar refractivity (Wildman–Crippen MR) is 45.4 cm³/mol. The second-order valence-electron chi connectivity index (χ2n) is 2.48. The van der Waals surface area contributed by atoms with Crippen molar-refractivity contribution in [3.63, 3.8) is 0 Å². The van der Waals surface area contributed by atoms with Crippen LogP contribution in [0, 0.1) is 0 Å². The molecular formula is C7H15NOS. The summed E-state index contributed by atoms with van der Waals surface area (Å²) in [5.74, 6) is 0. The minimum atomic E-state index is 0.656. The summed E-state index contributed by atoms with van der Waals surface area (Å²) in [7, 11) is 0. The third-order valence-corrected chi connectivity index (χ3v) is 2.88. The first-order valence-electron chi connectivity index (χ1n) is 3.69. The molecule has 0 aromatic carbocycles. The van der Waals surface area contributed by atoms with Crippen LogP contribution in [0.3, 0.4) is 0 Å². The molecule has 1 atom stereocenters. The molecule has 0 bridgehead atoms. The monoisotopic (exact) mass is 161 g/mol. The summed E-state index contributed by atoms with van der Waals surface area (Å²) in [4.78, 5) is 2.45.